The van der Waals surface area contributed by atoms with Crippen molar-refractivity contribution in [3.8, 4) is 0 Å². The first kappa shape index (κ1) is 17.9. The highest BCUT2D eigenvalue weighted by molar-refractivity contribution is 5.74. The fraction of sp³-hybridized carbons (Fsp3) is 0.389. The fourth-order valence-corrected chi connectivity index (χ4v) is 2.26. The molecule has 6 nitrogen and oxygen atoms in total. The molecule has 0 saturated heterocycles. The van der Waals surface area contributed by atoms with E-state index in [-0.39, 0.29) is 6.03 Å². The highest BCUT2D eigenvalue weighted by Gasteiger charge is 2.13. The van der Waals surface area contributed by atoms with Crippen LogP contribution in [-0.4, -0.2) is 59.5 Å². The van der Waals surface area contributed by atoms with Crippen LogP contribution in [0.5, 0.6) is 0 Å². The maximum Gasteiger partial charge on any atom is 0.317 e. The van der Waals surface area contributed by atoms with Gasteiger partial charge in [0.25, 0.3) is 0 Å². The zero-order valence-corrected chi connectivity index (χ0v) is 14.4. The van der Waals surface area contributed by atoms with E-state index in [2.05, 4.69) is 20.2 Å². The van der Waals surface area contributed by atoms with Gasteiger partial charge in [-0.25, -0.2) is 4.79 Å². The van der Waals surface area contributed by atoms with Crippen molar-refractivity contribution >= 4 is 6.03 Å². The molecule has 0 atom stereocenters. The smallest absolute Gasteiger partial charge is 0.317 e. The maximum absolute atomic E-state index is 12.5. The Morgan fingerprint density at radius 1 is 1.04 bits per heavy atom. The number of nitrogens with zero attached hydrogens (tertiary/aromatic N) is 4. The van der Waals surface area contributed by atoms with Crippen LogP contribution in [0.3, 0.4) is 0 Å². The van der Waals surface area contributed by atoms with Gasteiger partial charge in [-0.15, -0.1) is 0 Å². The molecule has 6 heteroatoms. The molecule has 2 rings (SSSR count). The highest BCUT2D eigenvalue weighted by Crippen LogP contribution is 2.04. The number of hydrogen-bond acceptors (Lipinski definition) is 4. The van der Waals surface area contributed by atoms with Gasteiger partial charge in [0.15, 0.2) is 0 Å². The number of amides is 2. The monoisotopic (exact) mass is 327 g/mol. The van der Waals surface area contributed by atoms with Crippen molar-refractivity contribution < 1.29 is 4.79 Å². The molecule has 128 valence electrons. The maximum atomic E-state index is 12.5. The summed E-state index contributed by atoms with van der Waals surface area (Å²) >= 11 is 0. The summed E-state index contributed by atoms with van der Waals surface area (Å²) in [4.78, 5) is 24.6. The molecule has 0 aliphatic rings. The number of rotatable bonds is 8. The number of pyridine rings is 2. The van der Waals surface area contributed by atoms with Gasteiger partial charge in [-0.05, 0) is 43.8 Å². The predicted molar refractivity (Wildman–Crippen MR) is 94.5 cm³/mol. The number of urea groups is 1. The Balaban J connectivity index is 1.88. The molecule has 0 fully saturated rings. The van der Waals surface area contributed by atoms with E-state index in [0.29, 0.717) is 19.6 Å². The Morgan fingerprint density at radius 2 is 1.71 bits per heavy atom. The van der Waals surface area contributed by atoms with Gasteiger partial charge in [-0.3, -0.25) is 9.97 Å². The number of carbonyl (C=O) groups excluding carboxylic acids is 1. The molecule has 2 aromatic heterocycles. The first-order chi connectivity index (χ1) is 11.6. The minimum absolute atomic E-state index is 0.0513. The molecule has 0 unspecified atom stereocenters. The third kappa shape index (κ3) is 6.34. The Labute approximate surface area is 143 Å². The summed E-state index contributed by atoms with van der Waals surface area (Å²) in [6.07, 6.45) is 7.88. The average Bonchev–Trinajstić information content (AvgIpc) is 2.60. The number of likely N-dealkylation sites (N-methyl/N-ethyl adjacent to an activating group) is 1. The predicted octanol–water partition coefficient (Wildman–Crippen LogP) is 1.79. The standard InChI is InChI=1S/C18H25N5O/c1-22(2)11-12-23(15-17-6-4-9-20-14-17)18(24)21-10-7-16-5-3-8-19-13-16/h3-6,8-9,13-14H,7,10-12,15H2,1-2H3,(H,21,24). The normalized spacial score (nSPS) is 10.6. The molecule has 1 N–H and O–H groups in total. The summed E-state index contributed by atoms with van der Waals surface area (Å²) in [6, 6.07) is 7.74. The van der Waals surface area contributed by atoms with Crippen LogP contribution in [0.1, 0.15) is 11.1 Å². The second-order valence-electron chi connectivity index (χ2n) is 5.93. The quantitative estimate of drug-likeness (QED) is 0.803. The fourth-order valence-electron chi connectivity index (χ4n) is 2.26. The average molecular weight is 327 g/mol. The highest BCUT2D eigenvalue weighted by atomic mass is 16.2. The van der Waals surface area contributed by atoms with Gasteiger partial charge >= 0.3 is 6.03 Å². The summed E-state index contributed by atoms with van der Waals surface area (Å²) in [5.74, 6) is 0. The minimum Gasteiger partial charge on any atom is -0.338 e. The molecular formula is C18H25N5O. The second kappa shape index (κ2) is 9.62. The SMILES string of the molecule is CN(C)CCN(Cc1cccnc1)C(=O)NCCc1cccnc1. The first-order valence-electron chi connectivity index (χ1n) is 8.10. The molecule has 2 amide bonds. The summed E-state index contributed by atoms with van der Waals surface area (Å²) < 4.78 is 0. The van der Waals surface area contributed by atoms with Crippen molar-refractivity contribution in [1.82, 2.24) is 25.1 Å². The van der Waals surface area contributed by atoms with E-state index in [9.17, 15) is 4.79 Å². The van der Waals surface area contributed by atoms with E-state index in [1.807, 2.05) is 49.5 Å². The molecule has 2 aromatic rings. The third-order valence-corrected chi connectivity index (χ3v) is 3.61. The molecule has 0 bridgehead atoms. The summed E-state index contributed by atoms with van der Waals surface area (Å²) in [7, 11) is 4.01. The second-order valence-corrected chi connectivity index (χ2v) is 5.93. The van der Waals surface area contributed by atoms with Crippen LogP contribution in [0, 0.1) is 0 Å². The van der Waals surface area contributed by atoms with Gasteiger partial charge in [-0.1, -0.05) is 12.1 Å². The van der Waals surface area contributed by atoms with Crippen LogP contribution in [0.4, 0.5) is 4.79 Å². The molecule has 0 aliphatic carbocycles. The van der Waals surface area contributed by atoms with Crippen molar-refractivity contribution in [1.29, 1.82) is 0 Å². The van der Waals surface area contributed by atoms with Gasteiger partial charge in [0.2, 0.25) is 0 Å². The van der Waals surface area contributed by atoms with Crippen molar-refractivity contribution in [2.45, 2.75) is 13.0 Å². The van der Waals surface area contributed by atoms with Crippen molar-refractivity contribution in [2.24, 2.45) is 0 Å². The first-order valence-corrected chi connectivity index (χ1v) is 8.10. The Kier molecular flexibility index (Phi) is 7.17. The van der Waals surface area contributed by atoms with E-state index in [0.717, 1.165) is 24.1 Å². The van der Waals surface area contributed by atoms with Gasteiger partial charge in [-0.2, -0.15) is 0 Å². The molecule has 0 saturated carbocycles. The number of nitrogens with one attached hydrogen (secondary N) is 1. The lowest BCUT2D eigenvalue weighted by atomic mass is 10.2. The summed E-state index contributed by atoms with van der Waals surface area (Å²) in [5, 5.41) is 3.00. The number of carbonyl (C=O) groups is 1. The van der Waals surface area contributed by atoms with Crippen molar-refractivity contribution in [2.75, 3.05) is 33.7 Å². The largest absolute Gasteiger partial charge is 0.338 e. The molecule has 24 heavy (non-hydrogen) atoms. The Hall–Kier alpha value is -2.47. The molecule has 0 aliphatic heterocycles. The van der Waals surface area contributed by atoms with Crippen LogP contribution < -0.4 is 5.32 Å². The van der Waals surface area contributed by atoms with E-state index < -0.39 is 0 Å². The van der Waals surface area contributed by atoms with Gasteiger partial charge < -0.3 is 15.1 Å². The lowest BCUT2D eigenvalue weighted by Gasteiger charge is -2.24. The van der Waals surface area contributed by atoms with E-state index in [4.69, 9.17) is 0 Å². The van der Waals surface area contributed by atoms with Gasteiger partial charge in [0.05, 0.1) is 0 Å². The summed E-state index contributed by atoms with van der Waals surface area (Å²) in [5.41, 5.74) is 2.14. The van der Waals surface area contributed by atoms with Crippen molar-refractivity contribution in [3.05, 3.63) is 60.2 Å². The van der Waals surface area contributed by atoms with Gasteiger partial charge in [0.1, 0.15) is 0 Å². The Morgan fingerprint density at radius 3 is 2.29 bits per heavy atom. The zero-order valence-electron chi connectivity index (χ0n) is 14.4. The molecule has 2 heterocycles. The lowest BCUT2D eigenvalue weighted by Crippen LogP contribution is -2.43. The van der Waals surface area contributed by atoms with E-state index in [1.54, 1.807) is 18.6 Å². The van der Waals surface area contributed by atoms with Crippen LogP contribution in [0.15, 0.2) is 49.1 Å². The van der Waals surface area contributed by atoms with Gasteiger partial charge in [0, 0.05) is 51.0 Å². The topological polar surface area (TPSA) is 61.4 Å². The number of aromatic nitrogens is 2. The Bertz CT molecular complexity index is 603. The van der Waals surface area contributed by atoms with Crippen LogP contribution >= 0.6 is 0 Å². The van der Waals surface area contributed by atoms with E-state index in [1.165, 1.54) is 0 Å². The minimum atomic E-state index is -0.0513. The molecule has 0 radical (unpaired) electrons. The van der Waals surface area contributed by atoms with E-state index >= 15 is 0 Å². The molecule has 0 spiro atoms. The van der Waals surface area contributed by atoms with Crippen molar-refractivity contribution in [3.63, 3.8) is 0 Å². The molecule has 0 aromatic carbocycles. The molecular weight excluding hydrogens is 302 g/mol. The van der Waals surface area contributed by atoms with Crippen LogP contribution in [0.25, 0.3) is 0 Å². The summed E-state index contributed by atoms with van der Waals surface area (Å²) in [6.45, 7) is 2.63. The lowest BCUT2D eigenvalue weighted by molar-refractivity contribution is 0.189. The zero-order chi connectivity index (χ0) is 17.2. The number of hydrogen-bond donors (Lipinski definition) is 1. The third-order valence-electron chi connectivity index (χ3n) is 3.61. The van der Waals surface area contributed by atoms with Crippen LogP contribution in [-0.2, 0) is 13.0 Å². The van der Waals surface area contributed by atoms with Crippen LogP contribution in [0.2, 0.25) is 0 Å².